The number of alkyl halides is 1. The van der Waals surface area contributed by atoms with E-state index < -0.39 is 0 Å². The van der Waals surface area contributed by atoms with Crippen LogP contribution in [0.2, 0.25) is 0 Å². The minimum atomic E-state index is 0.0686. The molecular formula is C24H39BrS2. The summed E-state index contributed by atoms with van der Waals surface area (Å²) in [6.07, 6.45) is 15.8. The molecule has 2 rings (SSSR count). The van der Waals surface area contributed by atoms with Crippen LogP contribution < -0.4 is 0 Å². The molecule has 0 bridgehead atoms. The normalized spacial score (nSPS) is 24.4. The van der Waals surface area contributed by atoms with Gasteiger partial charge in [-0.25, -0.2) is 0 Å². The minimum absolute atomic E-state index is 0.0686. The fraction of sp³-hybridized carbons (Fsp3) is 0.750. The molecule has 0 aliphatic carbocycles. The van der Waals surface area contributed by atoms with Crippen molar-refractivity contribution in [1.82, 2.24) is 0 Å². The van der Waals surface area contributed by atoms with Crippen molar-refractivity contribution in [3.8, 4) is 0 Å². The third kappa shape index (κ3) is 6.37. The maximum atomic E-state index is 4.25. The maximum Gasteiger partial charge on any atom is 0.115 e. The first-order valence-electron chi connectivity index (χ1n) is 11.2. The number of unbranched alkanes of at least 4 members (excludes halogenated alkanes) is 2. The summed E-state index contributed by atoms with van der Waals surface area (Å²) in [7, 11) is 0. The average Bonchev–Trinajstić information content (AvgIpc) is 3.29. The lowest BCUT2D eigenvalue weighted by atomic mass is 9.85. The molecule has 0 fully saturated rings. The van der Waals surface area contributed by atoms with Crippen molar-refractivity contribution >= 4 is 39.0 Å². The molecule has 1 aromatic heterocycles. The molecule has 1 aromatic rings. The molecule has 2 heterocycles. The summed E-state index contributed by atoms with van der Waals surface area (Å²) in [4.78, 5) is 1.59. The Hall–Kier alpha value is 0.270. The second kappa shape index (κ2) is 12.1. The third-order valence-corrected chi connectivity index (χ3v) is 10.4. The highest BCUT2D eigenvalue weighted by Gasteiger charge is 2.43. The first-order chi connectivity index (χ1) is 13.1. The van der Waals surface area contributed by atoms with E-state index in [-0.39, 0.29) is 3.66 Å². The van der Waals surface area contributed by atoms with Gasteiger partial charge in [0, 0.05) is 10.8 Å². The Kier molecular flexibility index (Phi) is 10.5. The summed E-state index contributed by atoms with van der Waals surface area (Å²) in [5.74, 6) is 2.30. The minimum Gasteiger partial charge on any atom is -0.146 e. The van der Waals surface area contributed by atoms with Crippen molar-refractivity contribution in [3.05, 3.63) is 33.4 Å². The highest BCUT2D eigenvalue weighted by molar-refractivity contribution is 9.11. The van der Waals surface area contributed by atoms with Crippen LogP contribution >= 0.6 is 39.0 Å². The molecule has 0 saturated heterocycles. The van der Waals surface area contributed by atoms with E-state index in [1.807, 2.05) is 23.1 Å². The average molecular weight is 472 g/mol. The fourth-order valence-electron chi connectivity index (χ4n) is 4.29. The Morgan fingerprint density at radius 1 is 1.04 bits per heavy atom. The van der Waals surface area contributed by atoms with Gasteiger partial charge in [0.2, 0.25) is 0 Å². The van der Waals surface area contributed by atoms with Gasteiger partial charge in [0.1, 0.15) is 3.66 Å². The van der Waals surface area contributed by atoms with E-state index in [0.717, 1.165) is 11.8 Å². The lowest BCUT2D eigenvalue weighted by Crippen LogP contribution is -2.24. The monoisotopic (exact) mass is 470 g/mol. The van der Waals surface area contributed by atoms with Crippen LogP contribution in [0.5, 0.6) is 0 Å². The van der Waals surface area contributed by atoms with Gasteiger partial charge in [0.15, 0.2) is 0 Å². The first-order valence-corrected chi connectivity index (χ1v) is 13.7. The van der Waals surface area contributed by atoms with Gasteiger partial charge in [-0.1, -0.05) is 101 Å². The highest BCUT2D eigenvalue weighted by atomic mass is 79.9. The van der Waals surface area contributed by atoms with Crippen molar-refractivity contribution in [3.63, 3.8) is 0 Å². The summed E-state index contributed by atoms with van der Waals surface area (Å²) in [6, 6.07) is 2.40. The lowest BCUT2D eigenvalue weighted by Gasteiger charge is -2.32. The molecule has 0 saturated carbocycles. The van der Waals surface area contributed by atoms with E-state index in [9.17, 15) is 0 Å². The van der Waals surface area contributed by atoms with Crippen LogP contribution in [0, 0.1) is 17.8 Å². The maximum absolute atomic E-state index is 4.25. The topological polar surface area (TPSA) is 0 Å². The van der Waals surface area contributed by atoms with E-state index in [4.69, 9.17) is 0 Å². The molecule has 4 atom stereocenters. The van der Waals surface area contributed by atoms with Crippen LogP contribution in [0.4, 0.5) is 0 Å². The SMILES string of the molecule is CCCCC(CC)Cc1ccsc1C1(Br)SC=CC1CC(CC)CCCC. The van der Waals surface area contributed by atoms with Crippen molar-refractivity contribution in [2.45, 2.75) is 95.6 Å². The molecule has 154 valence electrons. The van der Waals surface area contributed by atoms with E-state index in [1.165, 1.54) is 64.2 Å². The fourth-order valence-corrected chi connectivity index (χ4v) is 7.81. The van der Waals surface area contributed by atoms with Gasteiger partial charge >= 0.3 is 0 Å². The van der Waals surface area contributed by atoms with Crippen LogP contribution in [-0.2, 0) is 10.1 Å². The zero-order valence-corrected chi connectivity index (χ0v) is 21.0. The summed E-state index contributed by atoms with van der Waals surface area (Å²) < 4.78 is 0.0686. The van der Waals surface area contributed by atoms with Crippen LogP contribution in [0.3, 0.4) is 0 Å². The Balaban J connectivity index is 2.12. The molecule has 0 spiro atoms. The van der Waals surface area contributed by atoms with Gasteiger partial charge in [0.25, 0.3) is 0 Å². The lowest BCUT2D eigenvalue weighted by molar-refractivity contribution is 0.363. The number of rotatable bonds is 13. The van der Waals surface area contributed by atoms with Gasteiger partial charge in [-0.2, -0.15) is 0 Å². The van der Waals surface area contributed by atoms with Crippen LogP contribution in [0.25, 0.3) is 0 Å². The highest BCUT2D eigenvalue weighted by Crippen LogP contribution is 2.58. The Labute approximate surface area is 185 Å². The van der Waals surface area contributed by atoms with Gasteiger partial charge in [-0.05, 0) is 47.1 Å². The molecule has 0 radical (unpaired) electrons. The number of allylic oxidation sites excluding steroid dienone is 1. The van der Waals surface area contributed by atoms with Crippen molar-refractivity contribution in [2.24, 2.45) is 17.8 Å². The zero-order valence-electron chi connectivity index (χ0n) is 17.8. The summed E-state index contributed by atoms with van der Waals surface area (Å²) in [5.41, 5.74) is 1.60. The first kappa shape index (κ1) is 23.5. The molecule has 27 heavy (non-hydrogen) atoms. The number of hydrogen-bond acceptors (Lipinski definition) is 2. The standard InChI is InChI=1S/C24H39BrS2/c1-5-9-11-19(7-3)17-21-13-15-26-23(21)24(25)22(14-16-27-24)18-20(8-4)12-10-6-2/h13-16,19-20,22H,5-12,17-18H2,1-4H3. The van der Waals surface area contributed by atoms with E-state index in [1.54, 1.807) is 10.4 Å². The van der Waals surface area contributed by atoms with Gasteiger partial charge in [-0.15, -0.1) is 23.1 Å². The Morgan fingerprint density at radius 2 is 1.70 bits per heavy atom. The smallest absolute Gasteiger partial charge is 0.115 e. The van der Waals surface area contributed by atoms with Crippen LogP contribution in [0.1, 0.15) is 95.9 Å². The molecule has 0 N–H and O–H groups in total. The second-order valence-electron chi connectivity index (χ2n) is 8.25. The van der Waals surface area contributed by atoms with Gasteiger partial charge < -0.3 is 0 Å². The molecule has 1 aliphatic rings. The molecule has 3 heteroatoms. The number of thiophene rings is 1. The van der Waals surface area contributed by atoms with E-state index in [0.29, 0.717) is 5.92 Å². The van der Waals surface area contributed by atoms with E-state index >= 15 is 0 Å². The number of thioether (sulfide) groups is 1. The van der Waals surface area contributed by atoms with Gasteiger partial charge in [0.05, 0.1) is 0 Å². The molecule has 0 amide bonds. The summed E-state index contributed by atoms with van der Waals surface area (Å²) >= 11 is 8.22. The third-order valence-electron chi connectivity index (χ3n) is 6.27. The summed E-state index contributed by atoms with van der Waals surface area (Å²) in [6.45, 7) is 9.36. The van der Waals surface area contributed by atoms with Crippen LogP contribution in [0.15, 0.2) is 22.9 Å². The Morgan fingerprint density at radius 3 is 2.33 bits per heavy atom. The van der Waals surface area contributed by atoms with Crippen molar-refractivity contribution in [2.75, 3.05) is 0 Å². The predicted molar refractivity (Wildman–Crippen MR) is 130 cm³/mol. The summed E-state index contributed by atoms with van der Waals surface area (Å²) in [5, 5.41) is 4.67. The predicted octanol–water partition coefficient (Wildman–Crippen LogP) is 9.54. The molecule has 0 aromatic carbocycles. The van der Waals surface area contributed by atoms with Crippen LogP contribution in [-0.4, -0.2) is 0 Å². The molecule has 0 nitrogen and oxygen atoms in total. The van der Waals surface area contributed by atoms with Gasteiger partial charge in [-0.3, -0.25) is 0 Å². The van der Waals surface area contributed by atoms with Crippen molar-refractivity contribution in [1.29, 1.82) is 0 Å². The second-order valence-corrected chi connectivity index (χ2v) is 12.1. The quantitative estimate of drug-likeness (QED) is 0.258. The number of halogens is 1. The zero-order chi connectivity index (χ0) is 19.7. The largest absolute Gasteiger partial charge is 0.146 e. The number of hydrogen-bond donors (Lipinski definition) is 0. The van der Waals surface area contributed by atoms with E-state index in [2.05, 4.69) is 66.6 Å². The van der Waals surface area contributed by atoms with Crippen molar-refractivity contribution < 1.29 is 0 Å². The molecular weight excluding hydrogens is 432 g/mol. The molecule has 1 aliphatic heterocycles. The molecule has 4 unspecified atom stereocenters. The Bertz CT molecular complexity index is 564.